The van der Waals surface area contributed by atoms with E-state index in [-0.39, 0.29) is 16.3 Å². The molecular formula is C16H24FN3S. The van der Waals surface area contributed by atoms with E-state index in [2.05, 4.69) is 30.6 Å². The van der Waals surface area contributed by atoms with Gasteiger partial charge in [0.05, 0.1) is 0 Å². The van der Waals surface area contributed by atoms with Gasteiger partial charge in [0.2, 0.25) is 0 Å². The van der Waals surface area contributed by atoms with Crippen LogP contribution in [0.15, 0.2) is 18.2 Å². The highest BCUT2D eigenvalue weighted by atomic mass is 32.1. The van der Waals surface area contributed by atoms with Crippen molar-refractivity contribution in [2.45, 2.75) is 32.9 Å². The summed E-state index contributed by atoms with van der Waals surface area (Å²) < 4.78 is 13.6. The normalized spacial score (nSPS) is 17.9. The predicted molar refractivity (Wildman–Crippen MR) is 88.9 cm³/mol. The summed E-state index contributed by atoms with van der Waals surface area (Å²) in [5.41, 5.74) is 7.34. The molecule has 2 N–H and O–H groups in total. The molecule has 0 aromatic heterocycles. The van der Waals surface area contributed by atoms with Crippen molar-refractivity contribution in [1.29, 1.82) is 0 Å². The first-order valence-electron chi connectivity index (χ1n) is 7.32. The number of piperazine rings is 1. The van der Waals surface area contributed by atoms with E-state index in [4.69, 9.17) is 18.0 Å². The van der Waals surface area contributed by atoms with Crippen LogP contribution in [0.4, 0.5) is 4.39 Å². The van der Waals surface area contributed by atoms with Crippen molar-refractivity contribution in [3.8, 4) is 0 Å². The van der Waals surface area contributed by atoms with Crippen LogP contribution in [0, 0.1) is 5.82 Å². The lowest BCUT2D eigenvalue weighted by Crippen LogP contribution is -2.53. The van der Waals surface area contributed by atoms with Gasteiger partial charge in [0, 0.05) is 43.8 Å². The highest BCUT2D eigenvalue weighted by Crippen LogP contribution is 2.18. The molecule has 0 aliphatic carbocycles. The summed E-state index contributed by atoms with van der Waals surface area (Å²) >= 11 is 4.93. The minimum atomic E-state index is -0.274. The Balaban J connectivity index is 1.99. The van der Waals surface area contributed by atoms with E-state index in [1.54, 1.807) is 6.07 Å². The van der Waals surface area contributed by atoms with Crippen molar-refractivity contribution in [2.24, 2.45) is 5.73 Å². The Morgan fingerprint density at radius 1 is 1.19 bits per heavy atom. The highest BCUT2D eigenvalue weighted by molar-refractivity contribution is 7.80. The number of benzene rings is 1. The summed E-state index contributed by atoms with van der Waals surface area (Å²) in [6.45, 7) is 11.5. The van der Waals surface area contributed by atoms with Gasteiger partial charge in [-0.1, -0.05) is 12.2 Å². The zero-order valence-corrected chi connectivity index (χ0v) is 13.8. The number of rotatable bonds is 3. The van der Waals surface area contributed by atoms with Crippen molar-refractivity contribution < 1.29 is 4.39 Å². The molecule has 5 heteroatoms. The third-order valence-corrected chi connectivity index (χ3v) is 4.20. The largest absolute Gasteiger partial charge is 0.389 e. The maximum atomic E-state index is 13.6. The third kappa shape index (κ3) is 4.46. The van der Waals surface area contributed by atoms with Crippen molar-refractivity contribution in [3.63, 3.8) is 0 Å². The van der Waals surface area contributed by atoms with Gasteiger partial charge >= 0.3 is 0 Å². The van der Waals surface area contributed by atoms with Crippen molar-refractivity contribution in [1.82, 2.24) is 9.80 Å². The van der Waals surface area contributed by atoms with Gasteiger partial charge in [0.25, 0.3) is 0 Å². The number of nitrogens with zero attached hydrogens (tertiary/aromatic N) is 2. The Hall–Kier alpha value is -1.04. The summed E-state index contributed by atoms with van der Waals surface area (Å²) in [5, 5.41) is 0. The van der Waals surface area contributed by atoms with Crippen LogP contribution >= 0.6 is 12.2 Å². The molecule has 0 amide bonds. The van der Waals surface area contributed by atoms with Gasteiger partial charge in [-0.05, 0) is 44.5 Å². The minimum absolute atomic E-state index is 0.212. The molecule has 0 atom stereocenters. The van der Waals surface area contributed by atoms with E-state index >= 15 is 0 Å². The van der Waals surface area contributed by atoms with E-state index in [1.807, 2.05) is 6.07 Å². The minimum Gasteiger partial charge on any atom is -0.389 e. The molecule has 0 unspecified atom stereocenters. The summed E-state index contributed by atoms with van der Waals surface area (Å²) in [7, 11) is 0. The van der Waals surface area contributed by atoms with E-state index in [0.717, 1.165) is 38.3 Å². The second-order valence-electron chi connectivity index (χ2n) is 6.65. The molecule has 0 spiro atoms. The lowest BCUT2D eigenvalue weighted by molar-refractivity contribution is 0.0590. The topological polar surface area (TPSA) is 32.5 Å². The average molecular weight is 309 g/mol. The molecule has 1 heterocycles. The molecule has 0 radical (unpaired) electrons. The van der Waals surface area contributed by atoms with E-state index in [9.17, 15) is 4.39 Å². The molecular weight excluding hydrogens is 285 g/mol. The van der Waals surface area contributed by atoms with Crippen molar-refractivity contribution >= 4 is 17.2 Å². The second-order valence-corrected chi connectivity index (χ2v) is 7.09. The van der Waals surface area contributed by atoms with Gasteiger partial charge in [-0.15, -0.1) is 0 Å². The fourth-order valence-electron chi connectivity index (χ4n) is 2.72. The zero-order valence-electron chi connectivity index (χ0n) is 13.0. The maximum absolute atomic E-state index is 13.6. The monoisotopic (exact) mass is 309 g/mol. The molecule has 1 saturated heterocycles. The summed E-state index contributed by atoms with van der Waals surface area (Å²) in [6, 6.07) is 4.85. The Bertz CT molecular complexity index is 517. The Kier molecular flexibility index (Phi) is 4.96. The first kappa shape index (κ1) is 16.3. The van der Waals surface area contributed by atoms with Crippen LogP contribution in [-0.4, -0.2) is 46.5 Å². The summed E-state index contributed by atoms with van der Waals surface area (Å²) in [5.74, 6) is -0.274. The Labute approximate surface area is 131 Å². The first-order valence-corrected chi connectivity index (χ1v) is 7.73. The molecule has 1 aliphatic rings. The predicted octanol–water partition coefficient (Wildman–Crippen LogP) is 2.38. The fourth-order valence-corrected chi connectivity index (χ4v) is 2.84. The third-order valence-electron chi connectivity index (χ3n) is 3.97. The molecule has 1 fully saturated rings. The standard InChI is InChI=1S/C16H24FN3S/c1-16(2,3)20-6-4-19(5-7-20)11-12-8-13(15(18)21)10-14(17)9-12/h8-10H,4-7,11H2,1-3H3,(H2,18,21). The van der Waals surface area contributed by atoms with Gasteiger partial charge in [-0.3, -0.25) is 9.80 Å². The van der Waals surface area contributed by atoms with Crippen molar-refractivity contribution in [2.75, 3.05) is 26.2 Å². The van der Waals surface area contributed by atoms with Crippen LogP contribution in [0.2, 0.25) is 0 Å². The van der Waals surface area contributed by atoms with Gasteiger partial charge < -0.3 is 5.73 Å². The molecule has 1 aliphatic heterocycles. The number of hydrogen-bond acceptors (Lipinski definition) is 3. The average Bonchev–Trinajstić information content (AvgIpc) is 2.37. The molecule has 3 nitrogen and oxygen atoms in total. The Morgan fingerprint density at radius 3 is 2.33 bits per heavy atom. The van der Waals surface area contributed by atoms with Gasteiger partial charge in [-0.2, -0.15) is 0 Å². The molecule has 2 rings (SSSR count). The molecule has 21 heavy (non-hydrogen) atoms. The lowest BCUT2D eigenvalue weighted by Gasteiger charge is -2.42. The number of halogens is 1. The van der Waals surface area contributed by atoms with Crippen LogP contribution in [0.1, 0.15) is 31.9 Å². The zero-order chi connectivity index (χ0) is 15.6. The summed E-state index contributed by atoms with van der Waals surface area (Å²) in [6.07, 6.45) is 0. The maximum Gasteiger partial charge on any atom is 0.124 e. The Morgan fingerprint density at radius 2 is 1.81 bits per heavy atom. The first-order chi connectivity index (χ1) is 9.75. The van der Waals surface area contributed by atoms with E-state index in [0.29, 0.717) is 5.56 Å². The van der Waals surface area contributed by atoms with Crippen LogP contribution in [0.3, 0.4) is 0 Å². The van der Waals surface area contributed by atoms with Crippen LogP contribution in [-0.2, 0) is 6.54 Å². The molecule has 1 aromatic carbocycles. The van der Waals surface area contributed by atoms with Crippen molar-refractivity contribution in [3.05, 3.63) is 35.1 Å². The smallest absolute Gasteiger partial charge is 0.124 e. The van der Waals surface area contributed by atoms with E-state index in [1.165, 1.54) is 6.07 Å². The molecule has 0 bridgehead atoms. The second kappa shape index (κ2) is 6.38. The van der Waals surface area contributed by atoms with Crippen LogP contribution < -0.4 is 5.73 Å². The quantitative estimate of drug-likeness (QED) is 0.869. The van der Waals surface area contributed by atoms with Gasteiger partial charge in [0.1, 0.15) is 10.8 Å². The number of hydrogen-bond donors (Lipinski definition) is 1. The SMILES string of the molecule is CC(C)(C)N1CCN(Cc2cc(F)cc(C(N)=S)c2)CC1. The highest BCUT2D eigenvalue weighted by Gasteiger charge is 2.25. The molecule has 116 valence electrons. The lowest BCUT2D eigenvalue weighted by atomic mass is 10.0. The van der Waals surface area contributed by atoms with E-state index < -0.39 is 0 Å². The molecule has 1 aromatic rings. The van der Waals surface area contributed by atoms with Crippen LogP contribution in [0.5, 0.6) is 0 Å². The van der Waals surface area contributed by atoms with Gasteiger partial charge in [-0.25, -0.2) is 4.39 Å². The van der Waals surface area contributed by atoms with Gasteiger partial charge in [0.15, 0.2) is 0 Å². The fraction of sp³-hybridized carbons (Fsp3) is 0.562. The summed E-state index contributed by atoms with van der Waals surface area (Å²) in [4.78, 5) is 5.07. The molecule has 0 saturated carbocycles. The number of thiocarbonyl (C=S) groups is 1. The number of nitrogens with two attached hydrogens (primary N) is 1. The van der Waals surface area contributed by atoms with Crippen LogP contribution in [0.25, 0.3) is 0 Å².